The van der Waals surface area contributed by atoms with E-state index in [0.29, 0.717) is 17.4 Å². The predicted octanol–water partition coefficient (Wildman–Crippen LogP) is 3.60. The number of anilines is 1. The molecule has 0 saturated heterocycles. The molecule has 0 amide bonds. The first kappa shape index (κ1) is 12.9. The van der Waals surface area contributed by atoms with Gasteiger partial charge < -0.3 is 19.9 Å². The molecule has 3 rings (SSSR count). The molecule has 5 heteroatoms. The smallest absolute Gasteiger partial charge is 0.128 e. The molecule has 1 heterocycles. The SMILES string of the molecule is COc1ccc(Cl)c(NC2COc3cc(O)ccc32)c1. The first-order valence-corrected chi connectivity index (χ1v) is 6.61. The lowest BCUT2D eigenvalue weighted by Gasteiger charge is -2.15. The molecule has 4 nitrogen and oxygen atoms in total. The molecule has 0 saturated carbocycles. The molecule has 0 aromatic heterocycles. The maximum Gasteiger partial charge on any atom is 0.128 e. The number of hydrogen-bond acceptors (Lipinski definition) is 4. The highest BCUT2D eigenvalue weighted by Crippen LogP contribution is 2.38. The van der Waals surface area contributed by atoms with Crippen LogP contribution in [-0.4, -0.2) is 18.8 Å². The second-order valence-electron chi connectivity index (χ2n) is 4.58. The zero-order valence-electron chi connectivity index (χ0n) is 10.9. The average molecular weight is 292 g/mol. The zero-order chi connectivity index (χ0) is 14.1. The van der Waals surface area contributed by atoms with Gasteiger partial charge in [-0.15, -0.1) is 0 Å². The van der Waals surface area contributed by atoms with Crippen molar-refractivity contribution in [3.05, 3.63) is 47.0 Å². The number of aromatic hydroxyl groups is 1. The summed E-state index contributed by atoms with van der Waals surface area (Å²) in [5, 5.41) is 13.4. The summed E-state index contributed by atoms with van der Waals surface area (Å²) in [6.45, 7) is 0.492. The van der Waals surface area contributed by atoms with Crippen LogP contribution in [0.5, 0.6) is 17.2 Å². The predicted molar refractivity (Wildman–Crippen MR) is 78.0 cm³/mol. The van der Waals surface area contributed by atoms with E-state index in [0.717, 1.165) is 17.0 Å². The van der Waals surface area contributed by atoms with E-state index < -0.39 is 0 Å². The number of phenolic OH excluding ortho intramolecular Hbond substituents is 1. The van der Waals surface area contributed by atoms with Gasteiger partial charge in [-0.3, -0.25) is 0 Å². The van der Waals surface area contributed by atoms with E-state index in [1.165, 1.54) is 0 Å². The summed E-state index contributed by atoms with van der Waals surface area (Å²) in [6, 6.07) is 10.6. The Morgan fingerprint density at radius 1 is 1.30 bits per heavy atom. The van der Waals surface area contributed by atoms with E-state index >= 15 is 0 Å². The zero-order valence-corrected chi connectivity index (χ0v) is 11.6. The monoisotopic (exact) mass is 291 g/mol. The van der Waals surface area contributed by atoms with Crippen LogP contribution in [0.3, 0.4) is 0 Å². The molecule has 1 aliphatic heterocycles. The lowest BCUT2D eigenvalue weighted by atomic mass is 10.1. The van der Waals surface area contributed by atoms with Crippen molar-refractivity contribution >= 4 is 17.3 Å². The molecule has 2 N–H and O–H groups in total. The van der Waals surface area contributed by atoms with Gasteiger partial charge in [0.2, 0.25) is 0 Å². The van der Waals surface area contributed by atoms with Crippen molar-refractivity contribution in [1.82, 2.24) is 0 Å². The molecule has 2 aromatic rings. The Hall–Kier alpha value is -2.07. The van der Waals surface area contributed by atoms with Crippen LogP contribution in [-0.2, 0) is 0 Å². The number of rotatable bonds is 3. The fraction of sp³-hybridized carbons (Fsp3) is 0.200. The average Bonchev–Trinajstić information content (AvgIpc) is 2.83. The molecule has 0 fully saturated rings. The van der Waals surface area contributed by atoms with Crippen molar-refractivity contribution < 1.29 is 14.6 Å². The van der Waals surface area contributed by atoms with Gasteiger partial charge in [-0.05, 0) is 24.3 Å². The van der Waals surface area contributed by atoms with E-state index in [9.17, 15) is 5.11 Å². The summed E-state index contributed by atoms with van der Waals surface area (Å²) in [5.41, 5.74) is 1.79. The van der Waals surface area contributed by atoms with Gasteiger partial charge in [0.05, 0.1) is 23.9 Å². The van der Waals surface area contributed by atoms with E-state index in [2.05, 4.69) is 5.32 Å². The Kier molecular flexibility index (Phi) is 3.32. The molecule has 1 aliphatic rings. The van der Waals surface area contributed by atoms with Gasteiger partial charge in [-0.25, -0.2) is 0 Å². The third-order valence-corrected chi connectivity index (χ3v) is 3.61. The maximum atomic E-state index is 9.45. The first-order chi connectivity index (χ1) is 9.67. The highest BCUT2D eigenvalue weighted by molar-refractivity contribution is 6.33. The Morgan fingerprint density at radius 2 is 2.15 bits per heavy atom. The molecule has 1 atom stereocenters. The maximum absolute atomic E-state index is 9.45. The molecule has 1 unspecified atom stereocenters. The molecule has 2 aromatic carbocycles. The molecule has 0 radical (unpaired) electrons. The summed E-state index contributed by atoms with van der Waals surface area (Å²) in [4.78, 5) is 0. The Labute approximate surface area is 121 Å². The lowest BCUT2D eigenvalue weighted by Crippen LogP contribution is -2.12. The van der Waals surface area contributed by atoms with E-state index in [4.69, 9.17) is 21.1 Å². The number of methoxy groups -OCH3 is 1. The second-order valence-corrected chi connectivity index (χ2v) is 4.98. The van der Waals surface area contributed by atoms with Crippen LogP contribution in [0.25, 0.3) is 0 Å². The van der Waals surface area contributed by atoms with Gasteiger partial charge >= 0.3 is 0 Å². The van der Waals surface area contributed by atoms with Gasteiger partial charge in [0.1, 0.15) is 23.9 Å². The fourth-order valence-corrected chi connectivity index (χ4v) is 2.42. The fourth-order valence-electron chi connectivity index (χ4n) is 2.25. The normalized spacial score (nSPS) is 16.4. The quantitative estimate of drug-likeness (QED) is 0.907. The third kappa shape index (κ3) is 2.34. The highest BCUT2D eigenvalue weighted by atomic mass is 35.5. The van der Waals surface area contributed by atoms with Gasteiger partial charge in [-0.1, -0.05) is 11.6 Å². The van der Waals surface area contributed by atoms with Crippen molar-refractivity contribution in [2.75, 3.05) is 19.0 Å². The number of hydrogen-bond donors (Lipinski definition) is 2. The van der Waals surface area contributed by atoms with Crippen molar-refractivity contribution in [1.29, 1.82) is 0 Å². The van der Waals surface area contributed by atoms with Crippen molar-refractivity contribution in [2.45, 2.75) is 6.04 Å². The number of ether oxygens (including phenoxy) is 2. The highest BCUT2D eigenvalue weighted by Gasteiger charge is 2.25. The van der Waals surface area contributed by atoms with Crippen molar-refractivity contribution in [2.24, 2.45) is 0 Å². The number of phenols is 1. The largest absolute Gasteiger partial charge is 0.508 e. The Bertz CT molecular complexity index is 645. The van der Waals surface area contributed by atoms with Crippen LogP contribution in [0.1, 0.15) is 11.6 Å². The van der Waals surface area contributed by atoms with Crippen molar-refractivity contribution in [3.8, 4) is 17.2 Å². The number of nitrogens with one attached hydrogen (secondary N) is 1. The van der Waals surface area contributed by atoms with E-state index in [-0.39, 0.29) is 11.8 Å². The standard InChI is InChI=1S/C15H14ClNO3/c1-19-10-3-5-12(16)13(7-10)17-14-8-20-15-6-9(18)2-4-11(14)15/h2-7,14,17-18H,8H2,1H3. The molecule has 104 valence electrons. The molecular formula is C15H14ClNO3. The van der Waals surface area contributed by atoms with E-state index in [1.807, 2.05) is 18.2 Å². The minimum Gasteiger partial charge on any atom is -0.508 e. The molecule has 0 aliphatic carbocycles. The molecule has 20 heavy (non-hydrogen) atoms. The number of halogens is 1. The molecule has 0 spiro atoms. The van der Waals surface area contributed by atoms with Gasteiger partial charge in [-0.2, -0.15) is 0 Å². The van der Waals surface area contributed by atoms with Crippen LogP contribution >= 0.6 is 11.6 Å². The van der Waals surface area contributed by atoms with Crippen LogP contribution in [0.2, 0.25) is 5.02 Å². The summed E-state index contributed by atoms with van der Waals surface area (Å²) in [6.07, 6.45) is 0. The van der Waals surface area contributed by atoms with Gasteiger partial charge in [0.15, 0.2) is 0 Å². The van der Waals surface area contributed by atoms with Crippen LogP contribution in [0.4, 0.5) is 5.69 Å². The third-order valence-electron chi connectivity index (χ3n) is 3.28. The number of fused-ring (bicyclic) bond motifs is 1. The van der Waals surface area contributed by atoms with Crippen LogP contribution in [0, 0.1) is 0 Å². The minimum atomic E-state index is -0.00444. The van der Waals surface area contributed by atoms with Crippen molar-refractivity contribution in [3.63, 3.8) is 0 Å². The lowest BCUT2D eigenvalue weighted by molar-refractivity contribution is 0.338. The minimum absolute atomic E-state index is 0.00444. The summed E-state index contributed by atoms with van der Waals surface area (Å²) in [7, 11) is 1.61. The summed E-state index contributed by atoms with van der Waals surface area (Å²) in [5.74, 6) is 1.63. The molecule has 0 bridgehead atoms. The van der Waals surface area contributed by atoms with Gasteiger partial charge in [0, 0.05) is 17.7 Å². The first-order valence-electron chi connectivity index (χ1n) is 6.23. The van der Waals surface area contributed by atoms with Crippen LogP contribution < -0.4 is 14.8 Å². The summed E-state index contributed by atoms with van der Waals surface area (Å²) >= 11 is 6.19. The van der Waals surface area contributed by atoms with Gasteiger partial charge in [0.25, 0.3) is 0 Å². The Morgan fingerprint density at radius 3 is 2.95 bits per heavy atom. The molecular weight excluding hydrogens is 278 g/mol. The summed E-state index contributed by atoms with van der Waals surface area (Å²) < 4.78 is 10.8. The topological polar surface area (TPSA) is 50.7 Å². The Balaban J connectivity index is 1.87. The van der Waals surface area contributed by atoms with E-state index in [1.54, 1.807) is 25.3 Å². The number of benzene rings is 2. The van der Waals surface area contributed by atoms with Crippen LogP contribution in [0.15, 0.2) is 36.4 Å². The second kappa shape index (κ2) is 5.13.